The van der Waals surface area contributed by atoms with Crippen molar-refractivity contribution in [2.75, 3.05) is 14.2 Å². The van der Waals surface area contributed by atoms with Crippen LogP contribution >= 0.6 is 15.9 Å². The third-order valence-corrected chi connectivity index (χ3v) is 3.57. The molecule has 1 unspecified atom stereocenters. The molecule has 1 aromatic carbocycles. The molecule has 0 saturated carbocycles. The highest BCUT2D eigenvalue weighted by atomic mass is 79.9. The molecule has 0 spiro atoms. The molecule has 1 heterocycles. The lowest BCUT2D eigenvalue weighted by atomic mass is 10.0. The number of aryl methyl sites for hydroxylation is 1. The van der Waals surface area contributed by atoms with E-state index in [1.54, 1.807) is 38.7 Å². The molecule has 1 atom stereocenters. The van der Waals surface area contributed by atoms with Crippen LogP contribution in [0, 0.1) is 6.92 Å². The van der Waals surface area contributed by atoms with Crippen molar-refractivity contribution < 1.29 is 19.0 Å². The fourth-order valence-corrected chi connectivity index (χ4v) is 2.39. The number of rotatable bonds is 4. The third-order valence-electron chi connectivity index (χ3n) is 2.95. The first-order valence-corrected chi connectivity index (χ1v) is 6.51. The van der Waals surface area contributed by atoms with Gasteiger partial charge in [-0.15, -0.1) is 0 Å². The quantitative estimate of drug-likeness (QED) is 0.934. The molecular weight excluding hydrogens is 312 g/mol. The lowest BCUT2D eigenvalue weighted by Crippen LogP contribution is -2.03. The predicted octanol–water partition coefficient (Wildman–Crippen LogP) is 3.45. The SMILES string of the molecule is COc1cc(C(O)c2occc2C)c(OC)cc1Br. The van der Waals surface area contributed by atoms with Crippen LogP contribution in [0.2, 0.25) is 0 Å². The maximum absolute atomic E-state index is 10.4. The molecule has 2 rings (SSSR count). The number of benzene rings is 1. The molecule has 1 N–H and O–H groups in total. The van der Waals surface area contributed by atoms with E-state index in [1.807, 2.05) is 6.92 Å². The summed E-state index contributed by atoms with van der Waals surface area (Å²) in [4.78, 5) is 0. The molecule has 0 aliphatic carbocycles. The van der Waals surface area contributed by atoms with Gasteiger partial charge in [-0.05, 0) is 46.6 Å². The van der Waals surface area contributed by atoms with Gasteiger partial charge in [-0.25, -0.2) is 0 Å². The minimum absolute atomic E-state index is 0.502. The fourth-order valence-electron chi connectivity index (χ4n) is 1.90. The van der Waals surface area contributed by atoms with Gasteiger partial charge < -0.3 is 19.0 Å². The zero-order valence-electron chi connectivity index (χ0n) is 10.9. The predicted molar refractivity (Wildman–Crippen MR) is 74.8 cm³/mol. The number of hydrogen-bond acceptors (Lipinski definition) is 4. The molecule has 19 heavy (non-hydrogen) atoms. The van der Waals surface area contributed by atoms with E-state index in [0.717, 1.165) is 10.0 Å². The summed E-state index contributed by atoms with van der Waals surface area (Å²) in [6.07, 6.45) is 0.656. The largest absolute Gasteiger partial charge is 0.496 e. The normalized spacial score (nSPS) is 12.3. The summed E-state index contributed by atoms with van der Waals surface area (Å²) in [6.45, 7) is 1.88. The standard InChI is InChI=1S/C14H15BrO4/c1-8-4-5-19-14(8)13(16)9-6-12(18-3)10(15)7-11(9)17-2/h4-7,13,16H,1-3H3. The maximum Gasteiger partial charge on any atom is 0.141 e. The molecule has 0 radical (unpaired) electrons. The molecule has 102 valence electrons. The maximum atomic E-state index is 10.4. The number of aliphatic hydroxyl groups is 1. The Morgan fingerprint density at radius 2 is 1.89 bits per heavy atom. The average molecular weight is 327 g/mol. The zero-order chi connectivity index (χ0) is 14.0. The van der Waals surface area contributed by atoms with Crippen LogP contribution in [-0.4, -0.2) is 19.3 Å². The fraction of sp³-hybridized carbons (Fsp3) is 0.286. The van der Waals surface area contributed by atoms with Crippen LogP contribution in [0.15, 0.2) is 33.4 Å². The van der Waals surface area contributed by atoms with Crippen LogP contribution in [0.1, 0.15) is 23.0 Å². The van der Waals surface area contributed by atoms with Crippen molar-refractivity contribution in [3.8, 4) is 11.5 Å². The van der Waals surface area contributed by atoms with Crippen LogP contribution in [0.4, 0.5) is 0 Å². The molecule has 0 bridgehead atoms. The van der Waals surface area contributed by atoms with E-state index in [0.29, 0.717) is 22.8 Å². The van der Waals surface area contributed by atoms with Crippen LogP contribution in [0.3, 0.4) is 0 Å². The van der Waals surface area contributed by atoms with Gasteiger partial charge in [0.25, 0.3) is 0 Å². The van der Waals surface area contributed by atoms with Crippen molar-refractivity contribution in [2.24, 2.45) is 0 Å². The molecule has 0 amide bonds. The second-order valence-corrected chi connectivity index (χ2v) is 4.95. The van der Waals surface area contributed by atoms with E-state index in [-0.39, 0.29) is 0 Å². The van der Waals surface area contributed by atoms with Crippen LogP contribution in [-0.2, 0) is 0 Å². The first kappa shape index (κ1) is 14.0. The summed E-state index contributed by atoms with van der Waals surface area (Å²) in [5.74, 6) is 1.69. The van der Waals surface area contributed by atoms with Gasteiger partial charge in [0, 0.05) is 5.56 Å². The van der Waals surface area contributed by atoms with E-state index in [4.69, 9.17) is 13.9 Å². The molecule has 0 fully saturated rings. The van der Waals surface area contributed by atoms with E-state index in [9.17, 15) is 5.11 Å². The summed E-state index contributed by atoms with van der Waals surface area (Å²) < 4.78 is 16.6. The van der Waals surface area contributed by atoms with Crippen molar-refractivity contribution in [1.82, 2.24) is 0 Å². The molecular formula is C14H15BrO4. The smallest absolute Gasteiger partial charge is 0.141 e. The average Bonchev–Trinajstić information content (AvgIpc) is 2.83. The molecule has 4 nitrogen and oxygen atoms in total. The Morgan fingerprint density at radius 3 is 2.42 bits per heavy atom. The Morgan fingerprint density at radius 1 is 1.21 bits per heavy atom. The number of halogens is 1. The van der Waals surface area contributed by atoms with Crippen molar-refractivity contribution in [1.29, 1.82) is 0 Å². The molecule has 5 heteroatoms. The molecule has 0 aliphatic heterocycles. The van der Waals surface area contributed by atoms with Gasteiger partial charge in [0.2, 0.25) is 0 Å². The van der Waals surface area contributed by atoms with Gasteiger partial charge >= 0.3 is 0 Å². The highest BCUT2D eigenvalue weighted by molar-refractivity contribution is 9.10. The van der Waals surface area contributed by atoms with E-state index >= 15 is 0 Å². The summed E-state index contributed by atoms with van der Waals surface area (Å²) in [5.41, 5.74) is 1.48. The van der Waals surface area contributed by atoms with Gasteiger partial charge in [-0.1, -0.05) is 0 Å². The first-order chi connectivity index (χ1) is 9.08. The Bertz CT molecular complexity index is 577. The van der Waals surface area contributed by atoms with Gasteiger partial charge in [0.1, 0.15) is 23.4 Å². The number of hydrogen-bond donors (Lipinski definition) is 1. The summed E-state index contributed by atoms with van der Waals surface area (Å²) in [6, 6.07) is 5.30. The van der Waals surface area contributed by atoms with Gasteiger partial charge in [-0.2, -0.15) is 0 Å². The number of aliphatic hydroxyl groups excluding tert-OH is 1. The van der Waals surface area contributed by atoms with Crippen LogP contribution < -0.4 is 9.47 Å². The van der Waals surface area contributed by atoms with Gasteiger partial charge in [0.15, 0.2) is 0 Å². The second-order valence-electron chi connectivity index (χ2n) is 4.10. The Labute approximate surface area is 120 Å². The lowest BCUT2D eigenvalue weighted by Gasteiger charge is -2.16. The lowest BCUT2D eigenvalue weighted by molar-refractivity contribution is 0.183. The third kappa shape index (κ3) is 2.62. The summed E-state index contributed by atoms with van der Waals surface area (Å²) >= 11 is 3.38. The number of ether oxygens (including phenoxy) is 2. The minimum atomic E-state index is -0.896. The highest BCUT2D eigenvalue weighted by Crippen LogP contribution is 2.38. The van der Waals surface area contributed by atoms with Crippen molar-refractivity contribution in [3.05, 3.63) is 45.8 Å². The van der Waals surface area contributed by atoms with E-state index in [2.05, 4.69) is 15.9 Å². The van der Waals surface area contributed by atoms with Crippen LogP contribution in [0.5, 0.6) is 11.5 Å². The Balaban J connectivity index is 2.51. The summed E-state index contributed by atoms with van der Waals surface area (Å²) in [7, 11) is 3.13. The molecule has 2 aromatic rings. The van der Waals surface area contributed by atoms with E-state index < -0.39 is 6.10 Å². The molecule has 0 aliphatic rings. The highest BCUT2D eigenvalue weighted by Gasteiger charge is 2.22. The monoisotopic (exact) mass is 326 g/mol. The Kier molecular flexibility index (Phi) is 4.17. The van der Waals surface area contributed by atoms with E-state index in [1.165, 1.54) is 0 Å². The van der Waals surface area contributed by atoms with Gasteiger partial charge in [0.05, 0.1) is 25.0 Å². The number of methoxy groups -OCH3 is 2. The summed E-state index contributed by atoms with van der Waals surface area (Å²) in [5, 5.41) is 10.4. The minimum Gasteiger partial charge on any atom is -0.496 e. The van der Waals surface area contributed by atoms with Crippen molar-refractivity contribution in [3.63, 3.8) is 0 Å². The first-order valence-electron chi connectivity index (χ1n) is 5.72. The van der Waals surface area contributed by atoms with Crippen molar-refractivity contribution >= 4 is 15.9 Å². The Hall–Kier alpha value is -1.46. The second kappa shape index (κ2) is 5.67. The molecule has 1 aromatic heterocycles. The van der Waals surface area contributed by atoms with Crippen molar-refractivity contribution in [2.45, 2.75) is 13.0 Å². The van der Waals surface area contributed by atoms with Crippen LogP contribution in [0.25, 0.3) is 0 Å². The molecule has 0 saturated heterocycles. The zero-order valence-corrected chi connectivity index (χ0v) is 12.5. The number of furan rings is 1. The van der Waals surface area contributed by atoms with Gasteiger partial charge in [-0.3, -0.25) is 0 Å². The topological polar surface area (TPSA) is 51.8 Å².